The van der Waals surface area contributed by atoms with Gasteiger partial charge in [-0.15, -0.1) is 5.10 Å². The van der Waals surface area contributed by atoms with Crippen molar-refractivity contribution < 1.29 is 9.72 Å². The molecule has 0 saturated carbocycles. The van der Waals surface area contributed by atoms with Crippen LogP contribution in [0, 0.1) is 24.0 Å². The molecule has 0 bridgehead atoms. The van der Waals surface area contributed by atoms with E-state index in [-0.39, 0.29) is 18.0 Å². The highest BCUT2D eigenvalue weighted by atomic mass is 32.2. The molecule has 0 saturated heterocycles. The molecule has 9 nitrogen and oxygen atoms in total. The van der Waals surface area contributed by atoms with E-state index in [1.54, 1.807) is 15.5 Å². The van der Waals surface area contributed by atoms with Gasteiger partial charge >= 0.3 is 0 Å². The summed E-state index contributed by atoms with van der Waals surface area (Å²) < 4.78 is 1.66. The second-order valence-corrected chi connectivity index (χ2v) is 7.39. The number of carbonyl (C=O) groups excluding carboxylic acids is 1. The number of rotatable bonds is 4. The van der Waals surface area contributed by atoms with Gasteiger partial charge in [0, 0.05) is 35.6 Å². The molecule has 144 valence electrons. The average Bonchev–Trinajstić information content (AvgIpc) is 3.28. The van der Waals surface area contributed by atoms with Crippen molar-refractivity contribution in [3.8, 4) is 0 Å². The van der Waals surface area contributed by atoms with Crippen LogP contribution >= 0.6 is 11.8 Å². The van der Waals surface area contributed by atoms with Gasteiger partial charge in [0.1, 0.15) is 0 Å². The number of nitro benzene ring substituents is 1. The Balaban J connectivity index is 1.67. The fourth-order valence-corrected chi connectivity index (χ4v) is 3.86. The third-order valence-electron chi connectivity index (χ3n) is 5.02. The summed E-state index contributed by atoms with van der Waals surface area (Å²) in [7, 11) is 0. The zero-order chi connectivity index (χ0) is 20.0. The number of fused-ring (bicyclic) bond motifs is 2. The molecule has 1 amide bonds. The van der Waals surface area contributed by atoms with Crippen molar-refractivity contribution in [3.05, 3.63) is 50.8 Å². The number of carbonyl (C=O) groups is 1. The highest BCUT2D eigenvalue weighted by Crippen LogP contribution is 2.32. The normalized spacial score (nSPS) is 13.2. The van der Waals surface area contributed by atoms with E-state index in [2.05, 4.69) is 15.1 Å². The van der Waals surface area contributed by atoms with Crippen molar-refractivity contribution in [2.75, 3.05) is 17.7 Å². The molecule has 3 heterocycles. The number of non-ortho nitro benzene ring substituents is 1. The average molecular weight is 398 g/mol. The number of amides is 1. The van der Waals surface area contributed by atoms with Crippen LogP contribution in [-0.2, 0) is 17.6 Å². The lowest BCUT2D eigenvalue weighted by atomic mass is 10.1. The van der Waals surface area contributed by atoms with E-state index in [0.717, 1.165) is 22.5 Å². The number of hydrogen-bond acceptors (Lipinski definition) is 7. The van der Waals surface area contributed by atoms with Gasteiger partial charge in [-0.2, -0.15) is 4.98 Å². The van der Waals surface area contributed by atoms with Crippen LogP contribution in [0.25, 0.3) is 5.78 Å². The summed E-state index contributed by atoms with van der Waals surface area (Å²) in [6.45, 7) is 4.26. The Morgan fingerprint density at radius 1 is 1.32 bits per heavy atom. The Bertz CT molecular complexity index is 1130. The zero-order valence-corrected chi connectivity index (χ0v) is 16.5. The van der Waals surface area contributed by atoms with E-state index >= 15 is 0 Å². The second kappa shape index (κ2) is 6.86. The maximum Gasteiger partial charge on any atom is 0.271 e. The van der Waals surface area contributed by atoms with Crippen LogP contribution in [-0.4, -0.2) is 43.2 Å². The van der Waals surface area contributed by atoms with Gasteiger partial charge in [0.15, 0.2) is 0 Å². The molecule has 0 spiro atoms. The molecule has 0 atom stereocenters. The lowest BCUT2D eigenvalue weighted by Gasteiger charge is -2.18. The molecule has 1 aromatic carbocycles. The van der Waals surface area contributed by atoms with Crippen molar-refractivity contribution >= 4 is 34.8 Å². The molecular formula is C18H18N6O3S. The van der Waals surface area contributed by atoms with Crippen LogP contribution in [0.3, 0.4) is 0 Å². The summed E-state index contributed by atoms with van der Waals surface area (Å²) in [5.74, 6) is 0.398. The van der Waals surface area contributed by atoms with Crippen LogP contribution < -0.4 is 4.90 Å². The first-order valence-corrected chi connectivity index (χ1v) is 9.96. The molecule has 0 radical (unpaired) electrons. The number of nitro groups is 1. The molecule has 2 aromatic heterocycles. The van der Waals surface area contributed by atoms with Gasteiger partial charge in [-0.05, 0) is 32.1 Å². The Morgan fingerprint density at radius 3 is 2.82 bits per heavy atom. The van der Waals surface area contributed by atoms with E-state index in [0.29, 0.717) is 29.6 Å². The Hall–Kier alpha value is -3.01. The van der Waals surface area contributed by atoms with Gasteiger partial charge in [-0.1, -0.05) is 17.8 Å². The fourth-order valence-electron chi connectivity index (χ4n) is 3.52. The molecule has 3 aromatic rings. The zero-order valence-electron chi connectivity index (χ0n) is 15.7. The van der Waals surface area contributed by atoms with Gasteiger partial charge in [0.2, 0.25) is 11.1 Å². The second-order valence-electron chi connectivity index (χ2n) is 6.61. The van der Waals surface area contributed by atoms with E-state index in [4.69, 9.17) is 0 Å². The minimum absolute atomic E-state index is 0.0129. The number of thioether (sulfide) groups is 1. The lowest BCUT2D eigenvalue weighted by molar-refractivity contribution is -0.384. The largest absolute Gasteiger partial charge is 0.311 e. The maximum atomic E-state index is 13.0. The monoisotopic (exact) mass is 398 g/mol. The summed E-state index contributed by atoms with van der Waals surface area (Å²) in [5, 5.41) is 16.1. The van der Waals surface area contributed by atoms with Gasteiger partial charge in [0.05, 0.1) is 17.0 Å². The van der Waals surface area contributed by atoms with Crippen LogP contribution in [0.4, 0.5) is 11.4 Å². The number of anilines is 1. The van der Waals surface area contributed by atoms with Crippen molar-refractivity contribution in [2.45, 2.75) is 31.8 Å². The first-order valence-electron chi connectivity index (χ1n) is 8.73. The van der Waals surface area contributed by atoms with Crippen molar-refractivity contribution in [2.24, 2.45) is 0 Å². The third-order valence-corrected chi connectivity index (χ3v) is 5.55. The van der Waals surface area contributed by atoms with E-state index in [9.17, 15) is 14.9 Å². The molecule has 28 heavy (non-hydrogen) atoms. The number of hydrogen-bond donors (Lipinski definition) is 0. The molecule has 1 aliphatic heterocycles. The SMILES string of the molecule is CSc1nc2nc(C)c(CC(=O)N3CCc4ccc([N+](=O)[O-])cc43)c(C)n2n1. The predicted octanol–water partition coefficient (Wildman–Crippen LogP) is 2.50. The number of aryl methyl sites for hydroxylation is 2. The highest BCUT2D eigenvalue weighted by molar-refractivity contribution is 7.98. The van der Waals surface area contributed by atoms with Gasteiger partial charge < -0.3 is 4.90 Å². The van der Waals surface area contributed by atoms with E-state index in [1.807, 2.05) is 20.1 Å². The molecule has 0 N–H and O–H groups in total. The molecule has 10 heteroatoms. The number of benzene rings is 1. The van der Waals surface area contributed by atoms with Gasteiger partial charge in [-0.25, -0.2) is 9.50 Å². The summed E-state index contributed by atoms with van der Waals surface area (Å²) >= 11 is 1.43. The van der Waals surface area contributed by atoms with Crippen molar-refractivity contribution in [1.29, 1.82) is 0 Å². The quantitative estimate of drug-likeness (QED) is 0.377. The van der Waals surface area contributed by atoms with Crippen molar-refractivity contribution in [3.63, 3.8) is 0 Å². The molecule has 0 fully saturated rings. The summed E-state index contributed by atoms with van der Waals surface area (Å²) in [5.41, 5.74) is 3.91. The predicted molar refractivity (Wildman–Crippen MR) is 105 cm³/mol. The van der Waals surface area contributed by atoms with Gasteiger partial charge in [0.25, 0.3) is 11.5 Å². The smallest absolute Gasteiger partial charge is 0.271 e. The molecule has 4 rings (SSSR count). The Labute approximate surface area is 164 Å². The third kappa shape index (κ3) is 2.99. The summed E-state index contributed by atoms with van der Waals surface area (Å²) in [4.78, 5) is 34.1. The molecule has 1 aliphatic rings. The fraction of sp³-hybridized carbons (Fsp3) is 0.333. The van der Waals surface area contributed by atoms with E-state index in [1.165, 1.54) is 23.9 Å². The van der Waals surface area contributed by atoms with Crippen LogP contribution in [0.15, 0.2) is 23.4 Å². The van der Waals surface area contributed by atoms with Crippen molar-refractivity contribution in [1.82, 2.24) is 19.6 Å². The summed E-state index contributed by atoms with van der Waals surface area (Å²) in [6.07, 6.45) is 2.73. The standard InChI is InChI=1S/C18H18N6O3S/c1-10-14(11(2)23-17(19-10)20-18(21-23)28-3)9-16(25)22-7-6-12-4-5-13(24(26)27)8-15(12)22/h4-5,8H,6-7,9H2,1-3H3. The Kier molecular flexibility index (Phi) is 4.50. The first-order chi connectivity index (χ1) is 13.4. The number of aromatic nitrogens is 4. The molecule has 0 aliphatic carbocycles. The minimum atomic E-state index is -0.443. The molecule has 0 unspecified atom stereocenters. The van der Waals surface area contributed by atoms with E-state index < -0.39 is 4.92 Å². The highest BCUT2D eigenvalue weighted by Gasteiger charge is 2.28. The maximum absolute atomic E-state index is 13.0. The Morgan fingerprint density at radius 2 is 2.11 bits per heavy atom. The number of nitrogens with zero attached hydrogens (tertiary/aromatic N) is 6. The van der Waals surface area contributed by atoms with Crippen LogP contribution in [0.5, 0.6) is 0 Å². The first kappa shape index (κ1) is 18.4. The van der Waals surface area contributed by atoms with Crippen LogP contribution in [0.2, 0.25) is 0 Å². The summed E-state index contributed by atoms with van der Waals surface area (Å²) in [6, 6.07) is 4.68. The topological polar surface area (TPSA) is 107 Å². The lowest BCUT2D eigenvalue weighted by Crippen LogP contribution is -2.31. The van der Waals surface area contributed by atoms with Crippen LogP contribution in [0.1, 0.15) is 22.5 Å². The minimum Gasteiger partial charge on any atom is -0.311 e. The van der Waals surface area contributed by atoms with Gasteiger partial charge in [-0.3, -0.25) is 14.9 Å². The molecular weight excluding hydrogens is 380 g/mol.